The molecule has 3 rings (SSSR count). The molecule has 134 valence electrons. The predicted octanol–water partition coefficient (Wildman–Crippen LogP) is 4.09. The molecule has 0 radical (unpaired) electrons. The van der Waals surface area contributed by atoms with Crippen LogP contribution in [0.4, 0.5) is 0 Å². The van der Waals surface area contributed by atoms with E-state index in [0.29, 0.717) is 5.69 Å². The van der Waals surface area contributed by atoms with Gasteiger partial charge in [0.15, 0.2) is 0 Å². The Hall–Kier alpha value is -2.21. The number of carboxylic acid groups (broad SMARTS) is 1. The number of benzene rings is 1. The maximum absolute atomic E-state index is 12.0. The summed E-state index contributed by atoms with van der Waals surface area (Å²) >= 11 is 1.49. The molecule has 1 aromatic heterocycles. The fourth-order valence-electron chi connectivity index (χ4n) is 2.62. The lowest BCUT2D eigenvalue weighted by Gasteiger charge is -2.13. The summed E-state index contributed by atoms with van der Waals surface area (Å²) in [5.74, 6) is -1.08. The topological polar surface area (TPSA) is 79.3 Å². The van der Waals surface area contributed by atoms with E-state index in [0.717, 1.165) is 23.4 Å². The molecule has 1 aliphatic rings. The summed E-state index contributed by atoms with van der Waals surface area (Å²) < 4.78 is 0. The van der Waals surface area contributed by atoms with Crippen LogP contribution in [0.1, 0.15) is 72.0 Å². The van der Waals surface area contributed by atoms with Gasteiger partial charge < -0.3 is 10.4 Å². The fourth-order valence-corrected chi connectivity index (χ4v) is 3.70. The number of rotatable bonds is 5. The average Bonchev–Trinajstić information content (AvgIpc) is 3.25. The largest absolute Gasteiger partial charge is 0.478 e. The van der Waals surface area contributed by atoms with Gasteiger partial charge >= 0.3 is 5.97 Å². The van der Waals surface area contributed by atoms with Gasteiger partial charge in [0.2, 0.25) is 0 Å². The molecule has 6 heteroatoms. The number of carbonyl (C=O) groups is 2. The van der Waals surface area contributed by atoms with E-state index in [1.54, 1.807) is 17.5 Å². The van der Waals surface area contributed by atoms with E-state index in [1.165, 1.54) is 11.3 Å². The minimum Gasteiger partial charge on any atom is -0.478 e. The Balaban J connectivity index is 0.00000109. The standard InChI is InChI=1S/C17H18N2O3S.C2H6/c1-10(2)18-14(20)13-9-23-16(19-13)17(7-8-17)12-5-3-11(4-6-12)15(21)22;1-2/h3-6,9-10H,7-8H2,1-2H3,(H,18,20)(H,21,22);1-2H3. The van der Waals surface area contributed by atoms with Crippen molar-refractivity contribution in [2.75, 3.05) is 0 Å². The van der Waals surface area contributed by atoms with Crippen LogP contribution in [-0.4, -0.2) is 28.0 Å². The maximum atomic E-state index is 12.0. The van der Waals surface area contributed by atoms with Gasteiger partial charge in [0, 0.05) is 16.8 Å². The van der Waals surface area contributed by atoms with Gasteiger partial charge in [-0.15, -0.1) is 11.3 Å². The first-order chi connectivity index (χ1) is 11.9. The van der Waals surface area contributed by atoms with Crippen molar-refractivity contribution in [3.05, 3.63) is 51.5 Å². The number of carbonyl (C=O) groups excluding carboxylic acids is 1. The molecule has 2 aromatic rings. The molecule has 0 spiro atoms. The third-order valence-corrected chi connectivity index (χ3v) is 5.05. The van der Waals surface area contributed by atoms with Crippen molar-refractivity contribution in [2.24, 2.45) is 0 Å². The van der Waals surface area contributed by atoms with Crippen molar-refractivity contribution in [1.29, 1.82) is 0 Å². The molecule has 1 heterocycles. The smallest absolute Gasteiger partial charge is 0.335 e. The lowest BCUT2D eigenvalue weighted by molar-refractivity contribution is 0.0696. The van der Waals surface area contributed by atoms with Crippen LogP contribution < -0.4 is 5.32 Å². The average molecular weight is 360 g/mol. The van der Waals surface area contributed by atoms with Crippen LogP contribution in [0.15, 0.2) is 29.6 Å². The van der Waals surface area contributed by atoms with E-state index in [4.69, 9.17) is 5.11 Å². The van der Waals surface area contributed by atoms with Crippen LogP contribution in [-0.2, 0) is 5.41 Å². The Morgan fingerprint density at radius 1 is 1.20 bits per heavy atom. The number of nitrogens with zero attached hydrogens (tertiary/aromatic N) is 1. The number of carboxylic acids is 1. The number of thiazole rings is 1. The number of amides is 1. The highest BCUT2D eigenvalue weighted by Crippen LogP contribution is 2.54. The van der Waals surface area contributed by atoms with E-state index in [1.807, 2.05) is 39.8 Å². The first kappa shape index (κ1) is 19.1. The van der Waals surface area contributed by atoms with Gasteiger partial charge in [-0.1, -0.05) is 26.0 Å². The first-order valence-corrected chi connectivity index (χ1v) is 9.41. The lowest BCUT2D eigenvalue weighted by atomic mass is 9.95. The fraction of sp³-hybridized carbons (Fsp3) is 0.421. The number of aromatic carboxylic acids is 1. The van der Waals surface area contributed by atoms with Gasteiger partial charge in [0.1, 0.15) is 10.7 Å². The first-order valence-electron chi connectivity index (χ1n) is 8.53. The van der Waals surface area contributed by atoms with Gasteiger partial charge in [-0.25, -0.2) is 9.78 Å². The van der Waals surface area contributed by atoms with Gasteiger partial charge in [-0.3, -0.25) is 4.79 Å². The van der Waals surface area contributed by atoms with Gasteiger partial charge in [0.25, 0.3) is 5.91 Å². The van der Waals surface area contributed by atoms with Crippen LogP contribution in [0.5, 0.6) is 0 Å². The highest BCUT2D eigenvalue weighted by molar-refractivity contribution is 7.10. The molecular formula is C19H24N2O3S. The molecule has 5 nitrogen and oxygen atoms in total. The van der Waals surface area contributed by atoms with Crippen molar-refractivity contribution in [1.82, 2.24) is 10.3 Å². The zero-order chi connectivity index (χ0) is 18.6. The van der Waals surface area contributed by atoms with Crippen molar-refractivity contribution in [2.45, 2.75) is 52.0 Å². The summed E-state index contributed by atoms with van der Waals surface area (Å²) in [6.45, 7) is 7.83. The van der Waals surface area contributed by atoms with E-state index in [2.05, 4.69) is 10.3 Å². The molecule has 0 saturated heterocycles. The molecule has 0 unspecified atom stereocenters. The van der Waals surface area contributed by atoms with Crippen LogP contribution in [0.2, 0.25) is 0 Å². The number of hydrogen-bond donors (Lipinski definition) is 2. The zero-order valence-electron chi connectivity index (χ0n) is 15.0. The Morgan fingerprint density at radius 3 is 2.28 bits per heavy atom. The Labute approximate surface area is 152 Å². The molecule has 0 atom stereocenters. The third-order valence-electron chi connectivity index (χ3n) is 4.00. The molecule has 1 aromatic carbocycles. The van der Waals surface area contributed by atoms with Crippen LogP contribution in [0.25, 0.3) is 0 Å². The second-order valence-corrected chi connectivity index (χ2v) is 6.99. The maximum Gasteiger partial charge on any atom is 0.335 e. The van der Waals surface area contributed by atoms with Gasteiger partial charge in [-0.05, 0) is 44.4 Å². The van der Waals surface area contributed by atoms with E-state index < -0.39 is 5.97 Å². The second kappa shape index (κ2) is 7.78. The molecule has 1 amide bonds. The third kappa shape index (κ3) is 4.07. The molecular weight excluding hydrogens is 336 g/mol. The molecule has 0 bridgehead atoms. The normalized spacial score (nSPS) is 14.4. The Kier molecular flexibility index (Phi) is 5.95. The molecule has 0 aliphatic heterocycles. The molecule has 1 fully saturated rings. The summed E-state index contributed by atoms with van der Waals surface area (Å²) in [7, 11) is 0. The van der Waals surface area contributed by atoms with E-state index >= 15 is 0 Å². The van der Waals surface area contributed by atoms with E-state index in [-0.39, 0.29) is 22.9 Å². The molecule has 2 N–H and O–H groups in total. The minimum atomic E-state index is -0.928. The number of hydrogen-bond acceptors (Lipinski definition) is 4. The van der Waals surface area contributed by atoms with Gasteiger partial charge in [-0.2, -0.15) is 0 Å². The summed E-state index contributed by atoms with van der Waals surface area (Å²) in [6, 6.07) is 7.03. The SMILES string of the molecule is CC.CC(C)NC(=O)c1csc(C2(c3ccc(C(=O)O)cc3)CC2)n1. The van der Waals surface area contributed by atoms with Crippen molar-refractivity contribution < 1.29 is 14.7 Å². The summed E-state index contributed by atoms with van der Waals surface area (Å²) in [5.41, 5.74) is 1.64. The van der Waals surface area contributed by atoms with Crippen LogP contribution >= 0.6 is 11.3 Å². The lowest BCUT2D eigenvalue weighted by Crippen LogP contribution is -2.30. The Morgan fingerprint density at radius 2 is 1.80 bits per heavy atom. The Bertz CT molecular complexity index is 746. The minimum absolute atomic E-state index is 0.0751. The van der Waals surface area contributed by atoms with E-state index in [9.17, 15) is 9.59 Å². The highest BCUT2D eigenvalue weighted by atomic mass is 32.1. The molecule has 1 aliphatic carbocycles. The van der Waals surface area contributed by atoms with Crippen LogP contribution in [0.3, 0.4) is 0 Å². The predicted molar refractivity (Wildman–Crippen MR) is 99.5 cm³/mol. The monoisotopic (exact) mass is 360 g/mol. The highest BCUT2D eigenvalue weighted by Gasteiger charge is 2.48. The summed E-state index contributed by atoms with van der Waals surface area (Å²) in [5, 5.41) is 14.6. The summed E-state index contributed by atoms with van der Waals surface area (Å²) in [6.07, 6.45) is 1.94. The van der Waals surface area contributed by atoms with Crippen LogP contribution in [0, 0.1) is 0 Å². The van der Waals surface area contributed by atoms with Crippen molar-refractivity contribution >= 4 is 23.2 Å². The number of aromatic nitrogens is 1. The molecule has 25 heavy (non-hydrogen) atoms. The van der Waals surface area contributed by atoms with Gasteiger partial charge in [0.05, 0.1) is 5.56 Å². The van der Waals surface area contributed by atoms with Crippen molar-refractivity contribution in [3.8, 4) is 0 Å². The zero-order valence-corrected chi connectivity index (χ0v) is 15.8. The quantitative estimate of drug-likeness (QED) is 0.842. The molecule has 1 saturated carbocycles. The second-order valence-electron chi connectivity index (χ2n) is 6.13. The number of nitrogens with one attached hydrogen (secondary N) is 1. The van der Waals surface area contributed by atoms with Crippen molar-refractivity contribution in [3.63, 3.8) is 0 Å². The summed E-state index contributed by atoms with van der Waals surface area (Å²) in [4.78, 5) is 27.5.